The van der Waals surface area contributed by atoms with Gasteiger partial charge in [-0.25, -0.2) is 0 Å². The molecule has 1 heterocycles. The van der Waals surface area contributed by atoms with Crippen LogP contribution in [0.4, 0.5) is 0 Å². The highest BCUT2D eigenvalue weighted by atomic mass is 16.5. The number of nitrogens with zero attached hydrogens (tertiary/aromatic N) is 2. The predicted molar refractivity (Wildman–Crippen MR) is 121 cm³/mol. The zero-order valence-corrected chi connectivity index (χ0v) is 18.4. The number of hydrogen-bond donors (Lipinski definition) is 0. The molecule has 0 amide bonds. The van der Waals surface area contributed by atoms with Crippen LogP contribution in [0.1, 0.15) is 83.7 Å². The summed E-state index contributed by atoms with van der Waals surface area (Å²) < 4.78 is 5.65. The lowest BCUT2D eigenvalue weighted by molar-refractivity contribution is 0.248. The second-order valence-corrected chi connectivity index (χ2v) is 8.70. The molecule has 1 aliphatic carbocycles. The molecule has 1 aliphatic rings. The molecule has 0 N–H and O–H groups in total. The van der Waals surface area contributed by atoms with Gasteiger partial charge in [-0.05, 0) is 67.5 Å². The summed E-state index contributed by atoms with van der Waals surface area (Å²) in [5.41, 5.74) is 3.15. The smallest absolute Gasteiger partial charge is 0.119 e. The lowest BCUT2D eigenvalue weighted by Gasteiger charge is -2.28. The van der Waals surface area contributed by atoms with Crippen molar-refractivity contribution in [2.75, 3.05) is 6.61 Å². The topological polar surface area (TPSA) is 35.0 Å². The highest BCUT2D eigenvalue weighted by Gasteiger charge is 2.20. The Labute approximate surface area is 177 Å². The Balaban J connectivity index is 1.42. The van der Waals surface area contributed by atoms with E-state index in [1.807, 2.05) is 12.1 Å². The van der Waals surface area contributed by atoms with Crippen molar-refractivity contribution in [2.45, 2.75) is 84.5 Å². The summed E-state index contributed by atoms with van der Waals surface area (Å²) in [5.74, 6) is 2.80. The average Bonchev–Trinajstić information content (AvgIpc) is 2.78. The first-order valence-electron chi connectivity index (χ1n) is 11.8. The van der Waals surface area contributed by atoms with Crippen molar-refractivity contribution in [1.29, 1.82) is 0 Å². The van der Waals surface area contributed by atoms with Crippen molar-refractivity contribution in [1.82, 2.24) is 10.2 Å². The van der Waals surface area contributed by atoms with Crippen LogP contribution in [-0.4, -0.2) is 16.8 Å². The van der Waals surface area contributed by atoms with E-state index in [0.717, 1.165) is 54.0 Å². The van der Waals surface area contributed by atoms with E-state index < -0.39 is 0 Å². The number of unbranched alkanes of at least 4 members (excludes halogenated alkanes) is 2. The lowest BCUT2D eigenvalue weighted by atomic mass is 9.78. The Kier molecular flexibility index (Phi) is 8.98. The number of hydrogen-bond acceptors (Lipinski definition) is 3. The van der Waals surface area contributed by atoms with Crippen molar-refractivity contribution >= 4 is 0 Å². The van der Waals surface area contributed by atoms with E-state index >= 15 is 0 Å². The molecule has 29 heavy (non-hydrogen) atoms. The van der Waals surface area contributed by atoms with Crippen LogP contribution in [0.15, 0.2) is 36.4 Å². The van der Waals surface area contributed by atoms with Gasteiger partial charge >= 0.3 is 0 Å². The fourth-order valence-electron chi connectivity index (χ4n) is 4.43. The number of rotatable bonds is 11. The predicted octanol–water partition coefficient (Wildman–Crippen LogP) is 7.25. The summed E-state index contributed by atoms with van der Waals surface area (Å²) in [7, 11) is 0. The number of benzene rings is 1. The van der Waals surface area contributed by atoms with Gasteiger partial charge < -0.3 is 4.74 Å². The Bertz CT molecular complexity index is 688. The summed E-state index contributed by atoms with van der Waals surface area (Å²) in [6, 6.07) is 12.4. The highest BCUT2D eigenvalue weighted by molar-refractivity contribution is 5.59. The van der Waals surface area contributed by atoms with Crippen molar-refractivity contribution in [2.24, 2.45) is 11.8 Å². The van der Waals surface area contributed by atoms with Gasteiger partial charge in [-0.15, -0.1) is 0 Å². The van der Waals surface area contributed by atoms with Crippen molar-refractivity contribution in [3.8, 4) is 17.0 Å². The molecule has 1 saturated carbocycles. The van der Waals surface area contributed by atoms with Gasteiger partial charge in [0.15, 0.2) is 0 Å². The zero-order chi connectivity index (χ0) is 20.3. The van der Waals surface area contributed by atoms with Gasteiger partial charge in [0, 0.05) is 5.56 Å². The summed E-state index contributed by atoms with van der Waals surface area (Å²) in [5, 5.41) is 8.96. The molecule has 1 fully saturated rings. The van der Waals surface area contributed by atoms with Crippen molar-refractivity contribution < 1.29 is 4.74 Å². The minimum absolute atomic E-state index is 0.758. The third-order valence-electron chi connectivity index (χ3n) is 6.33. The molecule has 0 bridgehead atoms. The SMILES string of the molecule is CCCCCC1CCC(CCc2ccc(-c3ccc(OCCC)cc3)nn2)CC1. The van der Waals surface area contributed by atoms with Gasteiger partial charge in [0.2, 0.25) is 0 Å². The van der Waals surface area contributed by atoms with E-state index in [1.54, 1.807) is 0 Å². The van der Waals surface area contributed by atoms with Crippen molar-refractivity contribution in [3.63, 3.8) is 0 Å². The maximum absolute atomic E-state index is 5.65. The molecular formula is C26H38N2O. The molecule has 0 atom stereocenters. The van der Waals surface area contributed by atoms with E-state index in [1.165, 1.54) is 57.8 Å². The standard InChI is InChI=1S/C26H38N2O/c1-3-5-6-7-21-8-10-22(11-9-21)12-15-24-16-19-26(28-27-24)23-13-17-25(18-14-23)29-20-4-2/h13-14,16-19,21-22H,3-12,15,20H2,1-2H3. The molecule has 0 spiro atoms. The Hall–Kier alpha value is -1.90. The summed E-state index contributed by atoms with van der Waals surface area (Å²) in [6.45, 7) is 5.17. The molecule has 3 nitrogen and oxygen atoms in total. The molecule has 2 aromatic rings. The fraction of sp³-hybridized carbons (Fsp3) is 0.615. The van der Waals surface area contributed by atoms with E-state index in [9.17, 15) is 0 Å². The molecule has 0 saturated heterocycles. The molecule has 158 valence electrons. The first kappa shape index (κ1) is 21.8. The quantitative estimate of drug-likeness (QED) is 0.376. The second kappa shape index (κ2) is 11.9. The molecular weight excluding hydrogens is 356 g/mol. The minimum atomic E-state index is 0.758. The maximum Gasteiger partial charge on any atom is 0.119 e. The molecule has 0 unspecified atom stereocenters. The van der Waals surface area contributed by atoms with Crippen molar-refractivity contribution in [3.05, 3.63) is 42.1 Å². The first-order valence-corrected chi connectivity index (χ1v) is 11.8. The molecule has 0 aliphatic heterocycles. The van der Waals surface area contributed by atoms with Crippen LogP contribution in [0.2, 0.25) is 0 Å². The Morgan fingerprint density at radius 3 is 2.14 bits per heavy atom. The van der Waals surface area contributed by atoms with Crippen LogP contribution >= 0.6 is 0 Å². The maximum atomic E-state index is 5.65. The second-order valence-electron chi connectivity index (χ2n) is 8.70. The van der Waals surface area contributed by atoms with Gasteiger partial charge in [0.1, 0.15) is 5.75 Å². The molecule has 1 aromatic carbocycles. The van der Waals surface area contributed by atoms with Crippen LogP contribution in [0.3, 0.4) is 0 Å². The molecule has 0 radical (unpaired) electrons. The Morgan fingerprint density at radius 2 is 1.52 bits per heavy atom. The largest absolute Gasteiger partial charge is 0.494 e. The van der Waals surface area contributed by atoms with Gasteiger partial charge in [-0.1, -0.05) is 65.2 Å². The van der Waals surface area contributed by atoms with E-state index in [0.29, 0.717) is 0 Å². The zero-order valence-electron chi connectivity index (χ0n) is 18.4. The number of ether oxygens (including phenoxy) is 1. The number of aromatic nitrogens is 2. The van der Waals surface area contributed by atoms with E-state index in [-0.39, 0.29) is 0 Å². The normalized spacial score (nSPS) is 19.2. The monoisotopic (exact) mass is 394 g/mol. The van der Waals surface area contributed by atoms with Crippen LogP contribution in [0.25, 0.3) is 11.3 Å². The fourth-order valence-corrected chi connectivity index (χ4v) is 4.43. The Morgan fingerprint density at radius 1 is 0.793 bits per heavy atom. The average molecular weight is 395 g/mol. The van der Waals surface area contributed by atoms with Crippen LogP contribution in [0.5, 0.6) is 5.75 Å². The van der Waals surface area contributed by atoms with Crippen LogP contribution in [0, 0.1) is 11.8 Å². The van der Waals surface area contributed by atoms with E-state index in [4.69, 9.17) is 4.74 Å². The van der Waals surface area contributed by atoms with Gasteiger partial charge in [0.25, 0.3) is 0 Å². The third-order valence-corrected chi connectivity index (χ3v) is 6.33. The van der Waals surface area contributed by atoms with Gasteiger partial charge in [-0.2, -0.15) is 10.2 Å². The van der Waals surface area contributed by atoms with Crippen LogP contribution in [-0.2, 0) is 6.42 Å². The number of aryl methyl sites for hydroxylation is 1. The molecule has 3 rings (SSSR count). The van der Waals surface area contributed by atoms with Crippen LogP contribution < -0.4 is 4.74 Å². The molecule has 1 aromatic heterocycles. The summed E-state index contributed by atoms with van der Waals surface area (Å²) >= 11 is 0. The first-order chi connectivity index (χ1) is 14.3. The van der Waals surface area contributed by atoms with Gasteiger partial charge in [0.05, 0.1) is 18.0 Å². The highest BCUT2D eigenvalue weighted by Crippen LogP contribution is 2.34. The summed E-state index contributed by atoms with van der Waals surface area (Å²) in [6.07, 6.45) is 14.7. The van der Waals surface area contributed by atoms with Gasteiger partial charge in [-0.3, -0.25) is 0 Å². The minimum Gasteiger partial charge on any atom is -0.494 e. The third kappa shape index (κ3) is 7.13. The summed E-state index contributed by atoms with van der Waals surface area (Å²) in [4.78, 5) is 0. The molecule has 3 heteroatoms. The van der Waals surface area contributed by atoms with E-state index in [2.05, 4.69) is 48.3 Å². The lowest BCUT2D eigenvalue weighted by Crippen LogP contribution is -2.15.